The summed E-state index contributed by atoms with van der Waals surface area (Å²) >= 11 is 0. The minimum absolute atomic E-state index is 0.187. The van der Waals surface area contributed by atoms with Crippen molar-refractivity contribution in [1.29, 1.82) is 0 Å². The minimum Gasteiger partial charge on any atom is -0.281 e. The lowest BCUT2D eigenvalue weighted by Crippen LogP contribution is -2.36. The number of benzene rings is 5. The number of allylic oxidation sites excluding steroid dienone is 6. The first-order valence-electron chi connectivity index (χ1n) is 18.1. The quantitative estimate of drug-likeness (QED) is 0.173. The van der Waals surface area contributed by atoms with Gasteiger partial charge in [-0.15, -0.1) is 0 Å². The lowest BCUT2D eigenvalue weighted by molar-refractivity contribution is 0.405. The van der Waals surface area contributed by atoms with Gasteiger partial charge in [-0.3, -0.25) is 4.99 Å². The van der Waals surface area contributed by atoms with Gasteiger partial charge in [0.05, 0.1) is 5.54 Å². The summed E-state index contributed by atoms with van der Waals surface area (Å²) in [6.07, 6.45) is 18.3. The van der Waals surface area contributed by atoms with Crippen molar-refractivity contribution < 1.29 is 0 Å². The normalized spacial score (nSPS) is 21.1. The van der Waals surface area contributed by atoms with Crippen LogP contribution in [0.4, 0.5) is 0 Å². The molecular weight excluding hydrogens is 621 g/mol. The first kappa shape index (κ1) is 31.3. The summed E-state index contributed by atoms with van der Waals surface area (Å²) in [4.78, 5) is 20.7. The van der Waals surface area contributed by atoms with Gasteiger partial charge in [0.2, 0.25) is 0 Å². The molecule has 4 nitrogen and oxygen atoms in total. The van der Waals surface area contributed by atoms with Crippen LogP contribution in [-0.2, 0) is 0 Å². The number of aliphatic imine (C=N–C) groups is 1. The highest BCUT2D eigenvalue weighted by molar-refractivity contribution is 6.13. The lowest BCUT2D eigenvalue weighted by Gasteiger charge is -2.40. The van der Waals surface area contributed by atoms with E-state index in [1.54, 1.807) is 0 Å². The number of nitrogens with zero attached hydrogens (tertiary/aromatic N) is 4. The van der Waals surface area contributed by atoms with Crippen molar-refractivity contribution in [2.75, 3.05) is 0 Å². The summed E-state index contributed by atoms with van der Waals surface area (Å²) < 4.78 is 0. The van der Waals surface area contributed by atoms with Gasteiger partial charge in [-0.25, -0.2) is 15.0 Å². The van der Waals surface area contributed by atoms with Gasteiger partial charge in [-0.2, -0.15) is 0 Å². The van der Waals surface area contributed by atoms with E-state index in [4.69, 9.17) is 19.9 Å². The Morgan fingerprint density at radius 2 is 1.41 bits per heavy atom. The molecule has 0 saturated carbocycles. The third-order valence-electron chi connectivity index (χ3n) is 11.0. The van der Waals surface area contributed by atoms with Crippen LogP contribution in [0.25, 0.3) is 61.0 Å². The number of hydrogen-bond acceptors (Lipinski definition) is 4. The van der Waals surface area contributed by atoms with Crippen LogP contribution in [0.15, 0.2) is 144 Å². The third kappa shape index (κ3) is 5.65. The summed E-state index contributed by atoms with van der Waals surface area (Å²) in [5.74, 6) is 2.75. The van der Waals surface area contributed by atoms with Crippen LogP contribution in [0.5, 0.6) is 0 Å². The molecule has 4 heteroatoms. The van der Waals surface area contributed by atoms with Gasteiger partial charge in [0.1, 0.15) is 0 Å². The molecule has 1 aliphatic heterocycles. The zero-order valence-electron chi connectivity index (χ0n) is 29.3. The molecular formula is C47H40N4. The van der Waals surface area contributed by atoms with Gasteiger partial charge in [-0.05, 0) is 107 Å². The molecule has 0 fully saturated rings. The van der Waals surface area contributed by atoms with Gasteiger partial charge in [0.15, 0.2) is 17.5 Å². The largest absolute Gasteiger partial charge is 0.281 e. The van der Waals surface area contributed by atoms with E-state index in [0.29, 0.717) is 23.4 Å². The van der Waals surface area contributed by atoms with E-state index in [1.807, 2.05) is 6.21 Å². The monoisotopic (exact) mass is 660 g/mol. The van der Waals surface area contributed by atoms with Crippen molar-refractivity contribution in [3.8, 4) is 33.9 Å². The first-order valence-corrected chi connectivity index (χ1v) is 18.1. The molecule has 2 aliphatic carbocycles. The fourth-order valence-electron chi connectivity index (χ4n) is 8.12. The second kappa shape index (κ2) is 12.5. The number of aromatic nitrogens is 3. The Labute approximate surface area is 299 Å². The highest BCUT2D eigenvalue weighted by Crippen LogP contribution is 2.47. The molecule has 6 aromatic rings. The molecule has 0 amide bonds. The molecule has 2 heterocycles. The van der Waals surface area contributed by atoms with E-state index in [0.717, 1.165) is 41.5 Å². The smallest absolute Gasteiger partial charge is 0.164 e. The number of hydrogen-bond donors (Lipinski definition) is 0. The van der Waals surface area contributed by atoms with Gasteiger partial charge >= 0.3 is 0 Å². The van der Waals surface area contributed by atoms with Crippen LogP contribution >= 0.6 is 0 Å². The SMILES string of the molecule is Cc1ccc(-c2nc(C3=CCC(C)C=C3)nc(-c3cc(-c4cc5ccccc5c5ccccc45)cc(C4CCC=C5C=CC=NC54C)c3)n2)cc1. The predicted octanol–water partition coefficient (Wildman–Crippen LogP) is 11.7. The van der Waals surface area contributed by atoms with Crippen LogP contribution in [0, 0.1) is 12.8 Å². The number of rotatable bonds is 5. The molecule has 0 spiro atoms. The molecule has 1 aromatic heterocycles. The maximum absolute atomic E-state index is 5.23. The van der Waals surface area contributed by atoms with E-state index in [9.17, 15) is 0 Å². The van der Waals surface area contributed by atoms with Crippen molar-refractivity contribution in [1.82, 2.24) is 15.0 Å². The van der Waals surface area contributed by atoms with E-state index < -0.39 is 0 Å². The highest BCUT2D eigenvalue weighted by Gasteiger charge is 2.40. The van der Waals surface area contributed by atoms with Crippen LogP contribution in [0.1, 0.15) is 56.0 Å². The molecule has 3 unspecified atom stereocenters. The van der Waals surface area contributed by atoms with Crippen molar-refractivity contribution in [2.45, 2.75) is 51.5 Å². The third-order valence-corrected chi connectivity index (χ3v) is 11.0. The summed E-state index contributed by atoms with van der Waals surface area (Å²) in [7, 11) is 0. The zero-order valence-corrected chi connectivity index (χ0v) is 29.3. The summed E-state index contributed by atoms with van der Waals surface area (Å²) in [5, 5.41) is 4.98. The van der Waals surface area contributed by atoms with Crippen LogP contribution < -0.4 is 0 Å². The van der Waals surface area contributed by atoms with E-state index in [-0.39, 0.29) is 11.5 Å². The molecule has 0 N–H and O–H groups in total. The Balaban J connectivity index is 1.30. The summed E-state index contributed by atoms with van der Waals surface area (Å²) in [6, 6.07) is 35.3. The molecule has 0 saturated heterocycles. The van der Waals surface area contributed by atoms with Crippen molar-refractivity contribution >= 4 is 33.3 Å². The van der Waals surface area contributed by atoms with Crippen molar-refractivity contribution in [3.63, 3.8) is 0 Å². The number of dihydropyridines is 1. The molecule has 3 aliphatic rings. The molecule has 5 aromatic carbocycles. The molecule has 0 radical (unpaired) electrons. The van der Waals surface area contributed by atoms with Crippen molar-refractivity contribution in [2.24, 2.45) is 10.9 Å². The lowest BCUT2D eigenvalue weighted by atomic mass is 9.69. The zero-order chi connectivity index (χ0) is 34.5. The van der Waals surface area contributed by atoms with Gasteiger partial charge in [0, 0.05) is 28.8 Å². The Bertz CT molecular complexity index is 2500. The average Bonchev–Trinajstić information content (AvgIpc) is 3.17. The average molecular weight is 661 g/mol. The summed E-state index contributed by atoms with van der Waals surface area (Å²) in [6.45, 7) is 6.64. The van der Waals surface area contributed by atoms with Crippen LogP contribution in [-0.4, -0.2) is 26.7 Å². The molecule has 9 rings (SSSR count). The van der Waals surface area contributed by atoms with Crippen LogP contribution in [0.2, 0.25) is 0 Å². The first-order chi connectivity index (χ1) is 24.9. The molecule has 0 bridgehead atoms. The molecule has 248 valence electrons. The predicted molar refractivity (Wildman–Crippen MR) is 213 cm³/mol. The summed E-state index contributed by atoms with van der Waals surface area (Å²) in [5.41, 5.74) is 8.77. The number of aryl methyl sites for hydroxylation is 1. The second-order valence-electron chi connectivity index (χ2n) is 14.5. The van der Waals surface area contributed by atoms with E-state index in [2.05, 4.69) is 154 Å². The minimum atomic E-state index is -0.347. The fourth-order valence-corrected chi connectivity index (χ4v) is 8.12. The van der Waals surface area contributed by atoms with Crippen LogP contribution in [0.3, 0.4) is 0 Å². The molecule has 51 heavy (non-hydrogen) atoms. The van der Waals surface area contributed by atoms with E-state index >= 15 is 0 Å². The van der Waals surface area contributed by atoms with Crippen molar-refractivity contribution in [3.05, 3.63) is 156 Å². The second-order valence-corrected chi connectivity index (χ2v) is 14.5. The van der Waals surface area contributed by atoms with Gasteiger partial charge < -0.3 is 0 Å². The highest BCUT2D eigenvalue weighted by atomic mass is 15.0. The fraction of sp³-hybridized carbons (Fsp3) is 0.191. The van der Waals surface area contributed by atoms with Gasteiger partial charge in [0.25, 0.3) is 0 Å². The topological polar surface area (TPSA) is 51.0 Å². The standard InChI is InChI=1S/C47H40N4/c1-30-17-21-32(22-18-30)44-49-45(33-23-19-31(2)20-24-33)51-46(50-44)37-27-35(26-36(28-37)43-16-8-11-38-12-9-25-48-47(38,43)3)42-29-34-10-4-5-13-39(34)40-14-6-7-15-41(40)42/h4-7,9-15,17-19,21-29,31,43H,8,16,20H2,1-3H3. The Morgan fingerprint density at radius 3 is 2.22 bits per heavy atom. The maximum atomic E-state index is 5.23. The Morgan fingerprint density at radius 1 is 0.686 bits per heavy atom. The Hall–Kier alpha value is -5.74. The number of fused-ring (bicyclic) bond motifs is 4. The Kier molecular flexibility index (Phi) is 7.69. The maximum Gasteiger partial charge on any atom is 0.164 e. The molecule has 3 atom stereocenters. The van der Waals surface area contributed by atoms with E-state index in [1.165, 1.54) is 43.8 Å². The van der Waals surface area contributed by atoms with Gasteiger partial charge in [-0.1, -0.05) is 122 Å².